The van der Waals surface area contributed by atoms with E-state index in [0.717, 1.165) is 24.2 Å². The van der Waals surface area contributed by atoms with Crippen molar-refractivity contribution in [2.75, 3.05) is 7.11 Å². The van der Waals surface area contributed by atoms with Crippen LogP contribution in [0.25, 0.3) is 0 Å². The van der Waals surface area contributed by atoms with Crippen molar-refractivity contribution < 1.29 is 4.74 Å². The maximum Gasteiger partial charge on any atom is 0.125 e. The van der Waals surface area contributed by atoms with Crippen LogP contribution >= 0.6 is 11.6 Å². The average Bonchev–Trinajstić information content (AvgIpc) is 2.98. The summed E-state index contributed by atoms with van der Waals surface area (Å²) in [7, 11) is 1.64. The molecule has 0 amide bonds. The molecule has 1 nitrogen and oxygen atoms in total. The van der Waals surface area contributed by atoms with E-state index < -0.39 is 0 Å². The highest BCUT2D eigenvalue weighted by Crippen LogP contribution is 2.51. The van der Waals surface area contributed by atoms with Gasteiger partial charge in [-0.3, -0.25) is 0 Å². The molecule has 1 aromatic rings. The molecular weight excluding hydrogens is 196 g/mol. The Labute approximate surface area is 89.0 Å². The topological polar surface area (TPSA) is 9.23 Å². The minimum absolute atomic E-state index is 0.0874. The normalized spacial score (nSPS) is 17.2. The fourth-order valence-corrected chi connectivity index (χ4v) is 1.84. The number of terminal acetylenes is 1. The van der Waals surface area contributed by atoms with Crippen LogP contribution in [0.1, 0.15) is 18.4 Å². The maximum atomic E-state index is 5.88. The highest BCUT2D eigenvalue weighted by Gasteiger charge is 2.44. The summed E-state index contributed by atoms with van der Waals surface area (Å²) in [5.41, 5.74) is 1.00. The highest BCUT2D eigenvalue weighted by atomic mass is 35.5. The van der Waals surface area contributed by atoms with Crippen LogP contribution in [0, 0.1) is 12.3 Å². The zero-order chi connectivity index (χ0) is 10.2. The first-order chi connectivity index (χ1) is 6.72. The molecule has 0 aliphatic heterocycles. The lowest BCUT2D eigenvalue weighted by Crippen LogP contribution is -2.04. The Morgan fingerprint density at radius 3 is 2.71 bits per heavy atom. The Morgan fingerprint density at radius 1 is 1.50 bits per heavy atom. The zero-order valence-electron chi connectivity index (χ0n) is 8.01. The minimum Gasteiger partial charge on any atom is -0.496 e. The summed E-state index contributed by atoms with van der Waals surface area (Å²) < 4.78 is 5.27. The Morgan fingerprint density at radius 2 is 2.21 bits per heavy atom. The van der Waals surface area contributed by atoms with Crippen LogP contribution in [-0.2, 0) is 5.41 Å². The molecular formula is C12H11ClO. The maximum absolute atomic E-state index is 5.88. The first kappa shape index (κ1) is 9.43. The zero-order valence-corrected chi connectivity index (χ0v) is 8.77. The smallest absolute Gasteiger partial charge is 0.125 e. The molecule has 1 fully saturated rings. The summed E-state index contributed by atoms with van der Waals surface area (Å²) >= 11 is 5.88. The van der Waals surface area contributed by atoms with E-state index in [1.165, 1.54) is 0 Å². The number of hydrogen-bond donors (Lipinski definition) is 0. The summed E-state index contributed by atoms with van der Waals surface area (Å²) in [6, 6.07) is 5.64. The second-order valence-electron chi connectivity index (χ2n) is 3.57. The number of halogens is 1. The molecule has 1 aromatic carbocycles. The minimum atomic E-state index is -0.0874. The molecule has 72 valence electrons. The molecule has 0 saturated heterocycles. The van der Waals surface area contributed by atoms with Crippen molar-refractivity contribution in [2.45, 2.75) is 18.3 Å². The van der Waals surface area contributed by atoms with Gasteiger partial charge in [0.15, 0.2) is 0 Å². The molecule has 1 saturated carbocycles. The van der Waals surface area contributed by atoms with Crippen molar-refractivity contribution in [3.8, 4) is 18.1 Å². The van der Waals surface area contributed by atoms with Crippen molar-refractivity contribution in [3.63, 3.8) is 0 Å². The van der Waals surface area contributed by atoms with Gasteiger partial charge in [-0.25, -0.2) is 0 Å². The third-order valence-electron chi connectivity index (χ3n) is 2.71. The molecule has 2 rings (SSSR count). The molecule has 0 spiro atoms. The SMILES string of the molecule is C#CC1(c2ccc(Cl)cc2OC)CC1. The van der Waals surface area contributed by atoms with Gasteiger partial charge in [0, 0.05) is 10.6 Å². The van der Waals surface area contributed by atoms with E-state index in [4.69, 9.17) is 22.8 Å². The first-order valence-corrected chi connectivity index (χ1v) is 4.91. The fourth-order valence-electron chi connectivity index (χ4n) is 1.68. The van der Waals surface area contributed by atoms with E-state index in [2.05, 4.69) is 5.92 Å². The molecule has 1 aliphatic rings. The summed E-state index contributed by atoms with van der Waals surface area (Å²) in [6.07, 6.45) is 7.61. The summed E-state index contributed by atoms with van der Waals surface area (Å²) in [5, 5.41) is 0.679. The molecule has 2 heteroatoms. The number of hydrogen-bond acceptors (Lipinski definition) is 1. The van der Waals surface area contributed by atoms with Crippen molar-refractivity contribution in [1.29, 1.82) is 0 Å². The number of rotatable bonds is 2. The van der Waals surface area contributed by atoms with Gasteiger partial charge >= 0.3 is 0 Å². The molecule has 0 atom stereocenters. The molecule has 0 heterocycles. The molecule has 0 N–H and O–H groups in total. The molecule has 0 aromatic heterocycles. The van der Waals surface area contributed by atoms with Gasteiger partial charge in [0.05, 0.1) is 12.5 Å². The van der Waals surface area contributed by atoms with Gasteiger partial charge in [-0.2, -0.15) is 0 Å². The second kappa shape index (κ2) is 3.22. The summed E-state index contributed by atoms with van der Waals surface area (Å²) in [6.45, 7) is 0. The Balaban J connectivity index is 2.49. The van der Waals surface area contributed by atoms with Crippen molar-refractivity contribution >= 4 is 11.6 Å². The van der Waals surface area contributed by atoms with Crippen LogP contribution in [-0.4, -0.2) is 7.11 Å². The lowest BCUT2D eigenvalue weighted by molar-refractivity contribution is 0.407. The average molecular weight is 207 g/mol. The van der Waals surface area contributed by atoms with Crippen LogP contribution in [0.5, 0.6) is 5.75 Å². The van der Waals surface area contributed by atoms with Crippen molar-refractivity contribution in [1.82, 2.24) is 0 Å². The van der Waals surface area contributed by atoms with Crippen LogP contribution in [0.4, 0.5) is 0 Å². The lowest BCUT2D eigenvalue weighted by Gasteiger charge is -2.13. The van der Waals surface area contributed by atoms with E-state index in [-0.39, 0.29) is 5.41 Å². The van der Waals surface area contributed by atoms with Crippen molar-refractivity contribution in [2.24, 2.45) is 0 Å². The van der Waals surface area contributed by atoms with Crippen LogP contribution in [0.3, 0.4) is 0 Å². The largest absolute Gasteiger partial charge is 0.496 e. The lowest BCUT2D eigenvalue weighted by atomic mass is 9.96. The molecule has 0 bridgehead atoms. The Hall–Kier alpha value is -1.13. The Kier molecular flexibility index (Phi) is 2.17. The molecule has 0 radical (unpaired) electrons. The number of ether oxygens (including phenoxy) is 1. The molecule has 14 heavy (non-hydrogen) atoms. The number of methoxy groups -OCH3 is 1. The van der Waals surface area contributed by atoms with Gasteiger partial charge < -0.3 is 4.74 Å². The van der Waals surface area contributed by atoms with Crippen molar-refractivity contribution in [3.05, 3.63) is 28.8 Å². The van der Waals surface area contributed by atoms with Crippen LogP contribution in [0.2, 0.25) is 5.02 Å². The third kappa shape index (κ3) is 1.36. The monoisotopic (exact) mass is 206 g/mol. The van der Waals surface area contributed by atoms with Gasteiger partial charge in [0.2, 0.25) is 0 Å². The predicted molar refractivity (Wildman–Crippen MR) is 57.7 cm³/mol. The van der Waals surface area contributed by atoms with E-state index in [9.17, 15) is 0 Å². The van der Waals surface area contributed by atoms with E-state index in [1.54, 1.807) is 7.11 Å². The quantitative estimate of drug-likeness (QED) is 0.676. The third-order valence-corrected chi connectivity index (χ3v) is 2.94. The first-order valence-electron chi connectivity index (χ1n) is 4.54. The summed E-state index contributed by atoms with van der Waals surface area (Å²) in [5.74, 6) is 3.64. The van der Waals surface area contributed by atoms with Gasteiger partial charge in [0.1, 0.15) is 5.75 Å². The highest BCUT2D eigenvalue weighted by molar-refractivity contribution is 6.30. The fraction of sp³-hybridized carbons (Fsp3) is 0.333. The van der Waals surface area contributed by atoms with E-state index in [1.807, 2.05) is 18.2 Å². The number of benzene rings is 1. The van der Waals surface area contributed by atoms with Gasteiger partial charge in [-0.1, -0.05) is 23.6 Å². The van der Waals surface area contributed by atoms with Gasteiger partial charge in [-0.15, -0.1) is 6.42 Å². The van der Waals surface area contributed by atoms with Crippen LogP contribution in [0.15, 0.2) is 18.2 Å². The van der Waals surface area contributed by atoms with Gasteiger partial charge in [-0.05, 0) is 25.0 Å². The van der Waals surface area contributed by atoms with E-state index >= 15 is 0 Å². The Bertz CT molecular complexity index is 399. The predicted octanol–water partition coefficient (Wildman–Crippen LogP) is 3.01. The van der Waals surface area contributed by atoms with Gasteiger partial charge in [0.25, 0.3) is 0 Å². The molecule has 0 unspecified atom stereocenters. The van der Waals surface area contributed by atoms with Crippen LogP contribution < -0.4 is 4.74 Å². The molecule has 1 aliphatic carbocycles. The standard InChI is InChI=1S/C12H11ClO/c1-3-12(6-7-12)10-5-4-9(13)8-11(10)14-2/h1,4-5,8H,6-7H2,2H3. The summed E-state index contributed by atoms with van der Waals surface area (Å²) in [4.78, 5) is 0. The second-order valence-corrected chi connectivity index (χ2v) is 4.01. The van der Waals surface area contributed by atoms with E-state index in [0.29, 0.717) is 5.02 Å².